The first kappa shape index (κ1) is 17.7. The number of hydrogen-bond donors (Lipinski definition) is 0. The molecule has 1 fully saturated rings. The topological polar surface area (TPSA) is 29.5 Å². The van der Waals surface area contributed by atoms with Crippen LogP contribution in [-0.4, -0.2) is 17.3 Å². The first-order valence-electron chi connectivity index (χ1n) is 6.86. The summed E-state index contributed by atoms with van der Waals surface area (Å²) in [5.41, 5.74) is 1.57. The lowest BCUT2D eigenvalue weighted by atomic mass is 10.2. The number of hydrogen-bond acceptors (Lipinski definition) is 4. The Bertz CT molecular complexity index is 867. The Morgan fingerprint density at radius 3 is 2.62 bits per heavy atom. The van der Waals surface area contributed by atoms with E-state index < -0.39 is 0 Å². The van der Waals surface area contributed by atoms with Crippen molar-refractivity contribution in [3.63, 3.8) is 0 Å². The van der Waals surface area contributed by atoms with Crippen molar-refractivity contribution in [2.45, 2.75) is 0 Å². The molecule has 0 unspecified atom stereocenters. The summed E-state index contributed by atoms with van der Waals surface area (Å²) in [4.78, 5) is 14.9. The number of thioether (sulfide) groups is 1. The fourth-order valence-corrected chi connectivity index (χ4v) is 4.32. The number of ether oxygens (including phenoxy) is 1. The van der Waals surface area contributed by atoms with Gasteiger partial charge in [-0.3, -0.25) is 9.69 Å². The lowest BCUT2D eigenvalue weighted by molar-refractivity contribution is -0.113. The van der Waals surface area contributed by atoms with Crippen molar-refractivity contribution in [2.24, 2.45) is 0 Å². The van der Waals surface area contributed by atoms with E-state index in [2.05, 4.69) is 31.9 Å². The highest BCUT2D eigenvalue weighted by Crippen LogP contribution is 2.38. The van der Waals surface area contributed by atoms with Gasteiger partial charge in [0.15, 0.2) is 4.32 Å². The van der Waals surface area contributed by atoms with Crippen LogP contribution < -0.4 is 9.64 Å². The van der Waals surface area contributed by atoms with E-state index in [1.165, 1.54) is 11.8 Å². The van der Waals surface area contributed by atoms with Crippen LogP contribution >= 0.6 is 55.8 Å². The molecule has 0 atom stereocenters. The number of halogens is 2. The Kier molecular flexibility index (Phi) is 5.44. The molecule has 0 saturated carbocycles. The second-order valence-electron chi connectivity index (χ2n) is 4.88. The molecule has 1 amide bonds. The number of anilines is 1. The molecular weight excluding hydrogens is 474 g/mol. The fraction of sp³-hybridized carbons (Fsp3) is 0.0588. The van der Waals surface area contributed by atoms with Gasteiger partial charge in [-0.15, -0.1) is 0 Å². The van der Waals surface area contributed by atoms with Crippen LogP contribution in [-0.2, 0) is 4.79 Å². The minimum absolute atomic E-state index is 0.134. The highest BCUT2D eigenvalue weighted by atomic mass is 79.9. The highest BCUT2D eigenvalue weighted by Gasteiger charge is 2.33. The van der Waals surface area contributed by atoms with E-state index >= 15 is 0 Å². The van der Waals surface area contributed by atoms with E-state index in [0.29, 0.717) is 15.0 Å². The summed E-state index contributed by atoms with van der Waals surface area (Å²) >= 11 is 13.5. The minimum atomic E-state index is -0.134. The highest BCUT2D eigenvalue weighted by molar-refractivity contribution is 9.10. The van der Waals surface area contributed by atoms with E-state index in [4.69, 9.17) is 17.0 Å². The van der Waals surface area contributed by atoms with Crippen LogP contribution in [0.5, 0.6) is 5.75 Å². The summed E-state index contributed by atoms with van der Waals surface area (Å²) in [6, 6.07) is 13.2. The van der Waals surface area contributed by atoms with Crippen LogP contribution in [0.3, 0.4) is 0 Å². The van der Waals surface area contributed by atoms with Crippen LogP contribution in [0.4, 0.5) is 5.69 Å². The average molecular weight is 485 g/mol. The average Bonchev–Trinajstić information content (AvgIpc) is 2.81. The standard InChI is InChI=1S/C17H11Br2NO2S2/c1-22-14-6-5-12(19)7-10(14)8-15-16(21)20(17(23)24-15)13-4-2-3-11(18)9-13/h2-9H,1H3/b15-8-. The van der Waals surface area contributed by atoms with E-state index in [9.17, 15) is 4.79 Å². The molecule has 7 heteroatoms. The van der Waals surface area contributed by atoms with Gasteiger partial charge in [0.1, 0.15) is 5.75 Å². The molecule has 3 nitrogen and oxygen atoms in total. The molecule has 0 bridgehead atoms. The lowest BCUT2D eigenvalue weighted by Crippen LogP contribution is -2.27. The summed E-state index contributed by atoms with van der Waals surface area (Å²) < 4.78 is 7.68. The largest absolute Gasteiger partial charge is 0.496 e. The Labute approximate surface area is 166 Å². The van der Waals surface area contributed by atoms with E-state index in [-0.39, 0.29) is 5.91 Å². The van der Waals surface area contributed by atoms with Crippen molar-refractivity contribution >= 4 is 77.8 Å². The zero-order valence-corrected chi connectivity index (χ0v) is 17.3. The Morgan fingerprint density at radius 1 is 1.17 bits per heavy atom. The summed E-state index contributed by atoms with van der Waals surface area (Å²) in [5.74, 6) is 0.566. The molecule has 0 spiro atoms. The summed E-state index contributed by atoms with van der Waals surface area (Å²) in [6.07, 6.45) is 1.81. The van der Waals surface area contributed by atoms with Crippen molar-refractivity contribution in [1.29, 1.82) is 0 Å². The van der Waals surface area contributed by atoms with Gasteiger partial charge >= 0.3 is 0 Å². The van der Waals surface area contributed by atoms with Crippen molar-refractivity contribution in [2.75, 3.05) is 12.0 Å². The number of carbonyl (C=O) groups is 1. The van der Waals surface area contributed by atoms with Crippen LogP contribution in [0.1, 0.15) is 5.56 Å². The lowest BCUT2D eigenvalue weighted by Gasteiger charge is -2.14. The molecular formula is C17H11Br2NO2S2. The van der Waals surface area contributed by atoms with Crippen LogP contribution in [0, 0.1) is 0 Å². The molecule has 1 saturated heterocycles. The molecule has 0 radical (unpaired) electrons. The second kappa shape index (κ2) is 7.39. The molecule has 1 aliphatic heterocycles. The molecule has 2 aromatic carbocycles. The van der Waals surface area contributed by atoms with Crippen LogP contribution in [0.2, 0.25) is 0 Å². The molecule has 2 aromatic rings. The monoisotopic (exact) mass is 483 g/mol. The molecule has 3 rings (SSSR count). The Hall–Kier alpha value is -1.15. The zero-order valence-electron chi connectivity index (χ0n) is 12.5. The second-order valence-corrected chi connectivity index (χ2v) is 8.39. The number of rotatable bonds is 3. The van der Waals surface area contributed by atoms with Crippen LogP contribution in [0.25, 0.3) is 6.08 Å². The van der Waals surface area contributed by atoms with Crippen LogP contribution in [0.15, 0.2) is 56.3 Å². The number of carbonyl (C=O) groups excluding carboxylic acids is 1. The van der Waals surface area contributed by atoms with Gasteiger partial charge in [0.2, 0.25) is 0 Å². The third-order valence-corrected chi connectivity index (χ3v) is 5.63. The third-order valence-electron chi connectivity index (χ3n) is 3.34. The predicted octanol–water partition coefficient (Wildman–Crippen LogP) is 5.63. The van der Waals surface area contributed by atoms with E-state index in [1.54, 1.807) is 18.1 Å². The van der Waals surface area contributed by atoms with E-state index in [0.717, 1.165) is 20.2 Å². The normalized spacial score (nSPS) is 16.1. The SMILES string of the molecule is COc1ccc(Br)cc1/C=C1\SC(=S)N(c2cccc(Br)c2)C1=O. The molecule has 1 heterocycles. The number of thiocarbonyl (C=S) groups is 1. The van der Waals surface area contributed by atoms with Gasteiger partial charge in [-0.05, 0) is 42.5 Å². The van der Waals surface area contributed by atoms with Gasteiger partial charge in [0, 0.05) is 14.5 Å². The van der Waals surface area contributed by atoms with Gasteiger partial charge in [0.05, 0.1) is 17.7 Å². The Morgan fingerprint density at radius 2 is 1.92 bits per heavy atom. The molecule has 0 aromatic heterocycles. The summed E-state index contributed by atoms with van der Waals surface area (Å²) in [7, 11) is 1.60. The molecule has 122 valence electrons. The molecule has 0 N–H and O–H groups in total. The van der Waals surface area contributed by atoms with Crippen molar-refractivity contribution < 1.29 is 9.53 Å². The van der Waals surface area contributed by atoms with Crippen molar-refractivity contribution in [1.82, 2.24) is 0 Å². The number of amides is 1. The van der Waals surface area contributed by atoms with Gasteiger partial charge in [-0.25, -0.2) is 0 Å². The first-order chi connectivity index (χ1) is 11.5. The zero-order chi connectivity index (χ0) is 17.3. The quantitative estimate of drug-likeness (QED) is 0.417. The van der Waals surface area contributed by atoms with Gasteiger partial charge in [0.25, 0.3) is 5.91 Å². The maximum absolute atomic E-state index is 12.8. The summed E-state index contributed by atoms with van der Waals surface area (Å²) in [5, 5.41) is 0. The maximum Gasteiger partial charge on any atom is 0.270 e. The minimum Gasteiger partial charge on any atom is -0.496 e. The predicted molar refractivity (Wildman–Crippen MR) is 110 cm³/mol. The molecule has 0 aliphatic carbocycles. The van der Waals surface area contributed by atoms with Crippen molar-refractivity contribution in [3.8, 4) is 5.75 Å². The maximum atomic E-state index is 12.8. The van der Waals surface area contributed by atoms with Gasteiger partial charge < -0.3 is 4.74 Å². The number of benzene rings is 2. The smallest absolute Gasteiger partial charge is 0.270 e. The molecule has 1 aliphatic rings. The summed E-state index contributed by atoms with van der Waals surface area (Å²) in [6.45, 7) is 0. The van der Waals surface area contributed by atoms with Gasteiger partial charge in [-0.2, -0.15) is 0 Å². The number of methoxy groups -OCH3 is 1. The van der Waals surface area contributed by atoms with E-state index in [1.807, 2.05) is 42.5 Å². The first-order valence-corrected chi connectivity index (χ1v) is 9.68. The Balaban J connectivity index is 1.99. The number of nitrogens with zero attached hydrogens (tertiary/aromatic N) is 1. The van der Waals surface area contributed by atoms with Gasteiger partial charge in [-0.1, -0.05) is 61.9 Å². The third kappa shape index (κ3) is 3.59. The molecule has 24 heavy (non-hydrogen) atoms. The van der Waals surface area contributed by atoms with Crippen molar-refractivity contribution in [3.05, 3.63) is 61.9 Å². The fourth-order valence-electron chi connectivity index (χ4n) is 2.26.